The van der Waals surface area contributed by atoms with Crippen molar-refractivity contribution in [3.8, 4) is 0 Å². The second-order valence-electron chi connectivity index (χ2n) is 5.89. The van der Waals surface area contributed by atoms with Crippen LogP contribution in [0.2, 0.25) is 5.02 Å². The van der Waals surface area contributed by atoms with E-state index in [-0.39, 0.29) is 15.5 Å². The van der Waals surface area contributed by atoms with Gasteiger partial charge in [0.15, 0.2) is 0 Å². The van der Waals surface area contributed by atoms with Crippen LogP contribution in [0.4, 0.5) is 0 Å². The topological polar surface area (TPSA) is 75.3 Å². The summed E-state index contributed by atoms with van der Waals surface area (Å²) in [5.74, 6) is -0.390. The Kier molecular flexibility index (Phi) is 4.94. The molecule has 0 atom stereocenters. The molecule has 0 spiro atoms. The number of rotatable bonds is 5. The molecule has 1 fully saturated rings. The normalized spacial score (nSPS) is 15.6. The van der Waals surface area contributed by atoms with E-state index in [1.165, 1.54) is 25.2 Å². The molecular weight excluding hydrogens is 428 g/mol. The van der Waals surface area contributed by atoms with Gasteiger partial charge in [-0.25, -0.2) is 13.1 Å². The molecule has 2 N–H and O–H groups in total. The van der Waals surface area contributed by atoms with Crippen LogP contribution in [-0.4, -0.2) is 21.4 Å². The van der Waals surface area contributed by atoms with Gasteiger partial charge in [0.05, 0.1) is 21.0 Å². The van der Waals surface area contributed by atoms with Crippen LogP contribution in [0.15, 0.2) is 51.8 Å². The molecule has 0 saturated heterocycles. The van der Waals surface area contributed by atoms with Crippen molar-refractivity contribution in [3.05, 3.63) is 63.1 Å². The molecule has 132 valence electrons. The first-order valence-corrected chi connectivity index (χ1v) is 10.2. The van der Waals surface area contributed by atoms with Crippen molar-refractivity contribution in [2.24, 2.45) is 0 Å². The first-order valence-electron chi connectivity index (χ1n) is 7.59. The lowest BCUT2D eigenvalue weighted by Gasteiger charge is -2.19. The highest BCUT2D eigenvalue weighted by Crippen LogP contribution is 2.46. The molecule has 2 aromatic rings. The van der Waals surface area contributed by atoms with E-state index in [0.29, 0.717) is 0 Å². The van der Waals surface area contributed by atoms with E-state index in [2.05, 4.69) is 26.0 Å². The number of carbonyl (C=O) groups excluding carboxylic acids is 1. The summed E-state index contributed by atoms with van der Waals surface area (Å²) in [7, 11) is -2.33. The number of benzene rings is 2. The van der Waals surface area contributed by atoms with Crippen molar-refractivity contribution < 1.29 is 13.2 Å². The summed E-state index contributed by atoms with van der Waals surface area (Å²) < 4.78 is 27.1. The fourth-order valence-corrected chi connectivity index (χ4v) is 3.85. The van der Waals surface area contributed by atoms with Gasteiger partial charge in [0.2, 0.25) is 10.0 Å². The van der Waals surface area contributed by atoms with Gasteiger partial charge in [0, 0.05) is 4.47 Å². The smallest absolute Gasteiger partial charge is 0.253 e. The Labute approximate surface area is 160 Å². The number of hydrogen-bond donors (Lipinski definition) is 2. The molecule has 25 heavy (non-hydrogen) atoms. The van der Waals surface area contributed by atoms with Crippen molar-refractivity contribution in [2.45, 2.75) is 23.3 Å². The summed E-state index contributed by atoms with van der Waals surface area (Å²) in [6.45, 7) is 0. The van der Waals surface area contributed by atoms with Crippen molar-refractivity contribution in [3.63, 3.8) is 0 Å². The van der Waals surface area contributed by atoms with E-state index in [4.69, 9.17) is 11.6 Å². The van der Waals surface area contributed by atoms with Gasteiger partial charge < -0.3 is 5.32 Å². The quantitative estimate of drug-likeness (QED) is 0.743. The lowest BCUT2D eigenvalue weighted by atomic mass is 10.0. The monoisotopic (exact) mass is 442 g/mol. The maximum absolute atomic E-state index is 12.7. The van der Waals surface area contributed by atoms with E-state index in [9.17, 15) is 13.2 Å². The van der Waals surface area contributed by atoms with Gasteiger partial charge in [-0.1, -0.05) is 39.7 Å². The molecule has 0 aromatic heterocycles. The fraction of sp³-hybridized carbons (Fsp3) is 0.235. The number of sulfonamides is 1. The SMILES string of the molecule is CNS(=O)(=O)c1ccc(Cl)c(C(=O)NC2(c3ccc(Br)cc3)CC2)c1. The van der Waals surface area contributed by atoms with Gasteiger partial charge in [-0.2, -0.15) is 0 Å². The third-order valence-corrected chi connectivity index (χ3v) is 6.53. The molecule has 5 nitrogen and oxygen atoms in total. The Morgan fingerprint density at radius 3 is 2.36 bits per heavy atom. The van der Waals surface area contributed by atoms with E-state index >= 15 is 0 Å². The third kappa shape index (κ3) is 3.74. The first-order chi connectivity index (χ1) is 11.8. The predicted octanol–water partition coefficient (Wildman–Crippen LogP) is 3.43. The van der Waals surface area contributed by atoms with Crippen LogP contribution >= 0.6 is 27.5 Å². The zero-order valence-corrected chi connectivity index (χ0v) is 16.5. The second kappa shape index (κ2) is 6.72. The van der Waals surface area contributed by atoms with E-state index < -0.39 is 21.5 Å². The minimum absolute atomic E-state index is 0.00182. The van der Waals surface area contributed by atoms with Crippen LogP contribution in [0, 0.1) is 0 Å². The van der Waals surface area contributed by atoms with Gasteiger partial charge in [0.25, 0.3) is 5.91 Å². The number of carbonyl (C=O) groups is 1. The summed E-state index contributed by atoms with van der Waals surface area (Å²) in [5, 5.41) is 3.21. The molecule has 1 amide bonds. The Morgan fingerprint density at radius 2 is 1.80 bits per heavy atom. The van der Waals surface area contributed by atoms with Crippen LogP contribution in [0.1, 0.15) is 28.8 Å². The maximum atomic E-state index is 12.7. The lowest BCUT2D eigenvalue weighted by Crippen LogP contribution is -2.35. The van der Waals surface area contributed by atoms with Crippen molar-refractivity contribution in [1.29, 1.82) is 0 Å². The largest absolute Gasteiger partial charge is 0.342 e. The highest BCUT2D eigenvalue weighted by molar-refractivity contribution is 9.10. The van der Waals surface area contributed by atoms with Crippen LogP contribution in [0.5, 0.6) is 0 Å². The molecule has 0 heterocycles. The van der Waals surface area contributed by atoms with Gasteiger partial charge in [-0.3, -0.25) is 4.79 Å². The number of hydrogen-bond acceptors (Lipinski definition) is 3. The average molecular weight is 444 g/mol. The molecule has 1 saturated carbocycles. The van der Waals surface area contributed by atoms with Crippen molar-refractivity contribution in [1.82, 2.24) is 10.0 Å². The van der Waals surface area contributed by atoms with Gasteiger partial charge in [-0.15, -0.1) is 0 Å². The third-order valence-electron chi connectivity index (χ3n) is 4.26. The Hall–Kier alpha value is -1.41. The summed E-state index contributed by atoms with van der Waals surface area (Å²) in [4.78, 5) is 12.7. The van der Waals surface area contributed by atoms with Gasteiger partial charge >= 0.3 is 0 Å². The van der Waals surface area contributed by atoms with Crippen LogP contribution in [0.3, 0.4) is 0 Å². The highest BCUT2D eigenvalue weighted by Gasteiger charge is 2.45. The number of nitrogens with one attached hydrogen (secondary N) is 2. The zero-order chi connectivity index (χ0) is 18.2. The average Bonchev–Trinajstić information content (AvgIpc) is 3.36. The predicted molar refractivity (Wildman–Crippen MR) is 100 cm³/mol. The molecule has 0 radical (unpaired) electrons. The Morgan fingerprint density at radius 1 is 1.16 bits per heavy atom. The molecule has 0 bridgehead atoms. The molecule has 0 aliphatic heterocycles. The Bertz CT molecular complexity index is 925. The molecular formula is C17H16BrClN2O3S. The minimum atomic E-state index is -3.65. The first kappa shape index (κ1) is 18.4. The van der Waals surface area contributed by atoms with E-state index in [1.54, 1.807) is 0 Å². The summed E-state index contributed by atoms with van der Waals surface area (Å²) in [6.07, 6.45) is 1.65. The van der Waals surface area contributed by atoms with E-state index in [0.717, 1.165) is 22.9 Å². The summed E-state index contributed by atoms with van der Waals surface area (Å²) in [6, 6.07) is 11.8. The second-order valence-corrected chi connectivity index (χ2v) is 9.10. The fourth-order valence-electron chi connectivity index (χ4n) is 2.63. The maximum Gasteiger partial charge on any atom is 0.253 e. The zero-order valence-electron chi connectivity index (χ0n) is 13.3. The standard InChI is InChI=1S/C17H16BrClN2O3S/c1-20-25(23,24)13-6-7-15(19)14(10-13)16(22)21-17(8-9-17)11-2-4-12(18)5-3-11/h2-7,10,20H,8-9H2,1H3,(H,21,22). The van der Waals surface area contributed by atoms with Gasteiger partial charge in [-0.05, 0) is 55.8 Å². The minimum Gasteiger partial charge on any atom is -0.342 e. The van der Waals surface area contributed by atoms with Gasteiger partial charge in [0.1, 0.15) is 0 Å². The van der Waals surface area contributed by atoms with Crippen LogP contribution < -0.4 is 10.0 Å². The van der Waals surface area contributed by atoms with E-state index in [1.807, 2.05) is 24.3 Å². The number of amides is 1. The Balaban J connectivity index is 1.89. The molecule has 3 rings (SSSR count). The lowest BCUT2D eigenvalue weighted by molar-refractivity contribution is 0.0930. The van der Waals surface area contributed by atoms with Crippen LogP contribution in [0.25, 0.3) is 0 Å². The molecule has 8 heteroatoms. The van der Waals surface area contributed by atoms with Crippen LogP contribution in [-0.2, 0) is 15.6 Å². The molecule has 1 aliphatic carbocycles. The highest BCUT2D eigenvalue weighted by atomic mass is 79.9. The number of halogens is 2. The molecule has 0 unspecified atom stereocenters. The van der Waals surface area contributed by atoms with Crippen molar-refractivity contribution >= 4 is 43.5 Å². The summed E-state index contributed by atoms with van der Waals surface area (Å²) in [5.41, 5.74) is 0.736. The molecule has 2 aromatic carbocycles. The van der Waals surface area contributed by atoms with Crippen molar-refractivity contribution in [2.75, 3.05) is 7.05 Å². The molecule has 1 aliphatic rings. The summed E-state index contributed by atoms with van der Waals surface area (Å²) >= 11 is 9.51.